The Bertz CT molecular complexity index is 1030. The molecule has 0 N–H and O–H groups in total. The zero-order valence-electron chi connectivity index (χ0n) is 18.7. The van der Waals surface area contributed by atoms with Crippen LogP contribution in [-0.2, 0) is 14.7 Å². The molecule has 3 aromatic carbocycles. The van der Waals surface area contributed by atoms with E-state index in [0.29, 0.717) is 0 Å². The molecule has 1 saturated heterocycles. The average Bonchev–Trinajstić information content (AvgIpc) is 2.87. The van der Waals surface area contributed by atoms with Crippen molar-refractivity contribution in [3.8, 4) is 11.1 Å². The van der Waals surface area contributed by atoms with Crippen molar-refractivity contribution in [1.82, 2.24) is 0 Å². The van der Waals surface area contributed by atoms with E-state index in [2.05, 4.69) is 109 Å². The Kier molecular flexibility index (Phi) is 4.68. The SMILES string of the molecule is CC(C)(C)c1ccc(-c2cccc3cc(B4OC(C)(C)C(C)(C)O4)ccc23)cc1. The van der Waals surface area contributed by atoms with Crippen molar-refractivity contribution in [2.24, 2.45) is 0 Å². The summed E-state index contributed by atoms with van der Waals surface area (Å²) in [6.45, 7) is 15.1. The molecule has 1 aliphatic rings. The van der Waals surface area contributed by atoms with E-state index >= 15 is 0 Å². The Morgan fingerprint density at radius 2 is 1.38 bits per heavy atom. The number of benzene rings is 3. The molecule has 0 aliphatic carbocycles. The van der Waals surface area contributed by atoms with Crippen LogP contribution in [0.3, 0.4) is 0 Å². The molecule has 150 valence electrons. The molecule has 0 radical (unpaired) electrons. The maximum absolute atomic E-state index is 6.24. The van der Waals surface area contributed by atoms with Crippen LogP contribution in [0.4, 0.5) is 0 Å². The quantitative estimate of drug-likeness (QED) is 0.495. The molecule has 0 bridgehead atoms. The molecule has 0 saturated carbocycles. The molecule has 3 heteroatoms. The van der Waals surface area contributed by atoms with Crippen molar-refractivity contribution in [3.63, 3.8) is 0 Å². The number of fused-ring (bicyclic) bond motifs is 1. The fourth-order valence-corrected chi connectivity index (χ4v) is 3.83. The lowest BCUT2D eigenvalue weighted by Gasteiger charge is -2.32. The van der Waals surface area contributed by atoms with Gasteiger partial charge in [-0.15, -0.1) is 0 Å². The van der Waals surface area contributed by atoms with E-state index in [1.54, 1.807) is 0 Å². The molecule has 1 aliphatic heterocycles. The van der Waals surface area contributed by atoms with Gasteiger partial charge in [0.25, 0.3) is 0 Å². The van der Waals surface area contributed by atoms with Crippen molar-refractivity contribution >= 4 is 23.4 Å². The zero-order valence-corrected chi connectivity index (χ0v) is 18.7. The van der Waals surface area contributed by atoms with E-state index in [0.717, 1.165) is 5.46 Å². The monoisotopic (exact) mass is 386 g/mol. The van der Waals surface area contributed by atoms with Crippen LogP contribution in [0, 0.1) is 0 Å². The van der Waals surface area contributed by atoms with E-state index in [1.807, 2.05) is 0 Å². The molecule has 4 rings (SSSR count). The molecule has 0 unspecified atom stereocenters. The van der Waals surface area contributed by atoms with Crippen molar-refractivity contribution in [1.29, 1.82) is 0 Å². The molecule has 29 heavy (non-hydrogen) atoms. The van der Waals surface area contributed by atoms with Gasteiger partial charge in [-0.1, -0.05) is 81.4 Å². The van der Waals surface area contributed by atoms with Gasteiger partial charge in [0, 0.05) is 0 Å². The Hall–Kier alpha value is -2.10. The Balaban J connectivity index is 1.71. The fourth-order valence-electron chi connectivity index (χ4n) is 3.83. The predicted molar refractivity (Wildman–Crippen MR) is 124 cm³/mol. The fraction of sp³-hybridized carbons (Fsp3) is 0.385. The summed E-state index contributed by atoms with van der Waals surface area (Å²) in [4.78, 5) is 0. The predicted octanol–water partition coefficient (Wildman–Crippen LogP) is 6.10. The van der Waals surface area contributed by atoms with E-state index in [9.17, 15) is 0 Å². The summed E-state index contributed by atoms with van der Waals surface area (Å²) in [5.41, 5.74) is 4.41. The van der Waals surface area contributed by atoms with Gasteiger partial charge in [0.15, 0.2) is 0 Å². The first-order chi connectivity index (χ1) is 13.5. The van der Waals surface area contributed by atoms with Gasteiger partial charge in [-0.3, -0.25) is 0 Å². The topological polar surface area (TPSA) is 18.5 Å². The first-order valence-corrected chi connectivity index (χ1v) is 10.5. The Labute approximate surface area is 175 Å². The van der Waals surface area contributed by atoms with Crippen molar-refractivity contribution in [3.05, 3.63) is 66.2 Å². The minimum absolute atomic E-state index is 0.162. The van der Waals surface area contributed by atoms with Crippen LogP contribution in [-0.4, -0.2) is 18.3 Å². The van der Waals surface area contributed by atoms with Gasteiger partial charge in [0.05, 0.1) is 11.2 Å². The Morgan fingerprint density at radius 1 is 0.759 bits per heavy atom. The van der Waals surface area contributed by atoms with Crippen molar-refractivity contribution in [2.75, 3.05) is 0 Å². The molecule has 1 fully saturated rings. The third-order valence-electron chi connectivity index (χ3n) is 6.49. The summed E-state index contributed by atoms with van der Waals surface area (Å²) >= 11 is 0. The summed E-state index contributed by atoms with van der Waals surface area (Å²) in [6.07, 6.45) is 0. The number of hydrogen-bond acceptors (Lipinski definition) is 2. The highest BCUT2D eigenvalue weighted by atomic mass is 16.7. The lowest BCUT2D eigenvalue weighted by molar-refractivity contribution is 0.00578. The first kappa shape index (κ1) is 20.2. The van der Waals surface area contributed by atoms with Gasteiger partial charge in [-0.05, 0) is 66.0 Å². The van der Waals surface area contributed by atoms with Gasteiger partial charge < -0.3 is 9.31 Å². The van der Waals surface area contributed by atoms with Crippen LogP contribution in [0.2, 0.25) is 0 Å². The molecule has 0 aromatic heterocycles. The molecule has 3 aromatic rings. The third-order valence-corrected chi connectivity index (χ3v) is 6.49. The first-order valence-electron chi connectivity index (χ1n) is 10.5. The van der Waals surface area contributed by atoms with E-state index in [-0.39, 0.29) is 23.7 Å². The summed E-state index contributed by atoms with van der Waals surface area (Å²) < 4.78 is 12.5. The third kappa shape index (κ3) is 3.62. The minimum atomic E-state index is -0.334. The standard InChI is InChI=1S/C26H31BO2/c1-24(2,3)20-13-11-18(12-14-20)22-10-8-9-19-17-21(15-16-23(19)22)27-28-25(4,5)26(6,7)29-27/h8-17H,1-7H3. The van der Waals surface area contributed by atoms with Crippen molar-refractivity contribution in [2.45, 2.75) is 65.1 Å². The van der Waals surface area contributed by atoms with Gasteiger partial charge in [-0.2, -0.15) is 0 Å². The normalized spacial score (nSPS) is 18.4. The molecular weight excluding hydrogens is 355 g/mol. The highest BCUT2D eigenvalue weighted by Crippen LogP contribution is 2.37. The maximum Gasteiger partial charge on any atom is 0.494 e. The van der Waals surface area contributed by atoms with E-state index in [1.165, 1.54) is 27.5 Å². The van der Waals surface area contributed by atoms with Gasteiger partial charge in [-0.25, -0.2) is 0 Å². The van der Waals surface area contributed by atoms with Gasteiger partial charge in [0.1, 0.15) is 0 Å². The molecule has 2 nitrogen and oxygen atoms in total. The second-order valence-electron chi connectivity index (χ2n) is 10.2. The Morgan fingerprint density at radius 3 is 1.97 bits per heavy atom. The van der Waals surface area contributed by atoms with Crippen LogP contribution in [0.25, 0.3) is 21.9 Å². The molecule has 0 atom stereocenters. The molecule has 0 amide bonds. The van der Waals surface area contributed by atoms with E-state index < -0.39 is 0 Å². The zero-order chi connectivity index (χ0) is 21.0. The van der Waals surface area contributed by atoms with Crippen LogP contribution in [0.5, 0.6) is 0 Å². The molecular formula is C26H31BO2. The average molecular weight is 386 g/mol. The second kappa shape index (κ2) is 6.72. The largest absolute Gasteiger partial charge is 0.494 e. The maximum atomic E-state index is 6.24. The van der Waals surface area contributed by atoms with Gasteiger partial charge >= 0.3 is 7.12 Å². The minimum Gasteiger partial charge on any atom is -0.399 e. The smallest absolute Gasteiger partial charge is 0.399 e. The summed E-state index contributed by atoms with van der Waals surface area (Å²) in [6, 6.07) is 22.0. The lowest BCUT2D eigenvalue weighted by atomic mass is 9.78. The number of rotatable bonds is 2. The highest BCUT2D eigenvalue weighted by molar-refractivity contribution is 6.62. The molecule has 1 heterocycles. The van der Waals surface area contributed by atoms with Crippen LogP contribution in [0.15, 0.2) is 60.7 Å². The molecule has 0 spiro atoms. The highest BCUT2D eigenvalue weighted by Gasteiger charge is 2.51. The van der Waals surface area contributed by atoms with Gasteiger partial charge in [0.2, 0.25) is 0 Å². The van der Waals surface area contributed by atoms with Crippen LogP contribution < -0.4 is 5.46 Å². The van der Waals surface area contributed by atoms with Crippen LogP contribution in [0.1, 0.15) is 54.0 Å². The van der Waals surface area contributed by atoms with E-state index in [4.69, 9.17) is 9.31 Å². The second-order valence-corrected chi connectivity index (χ2v) is 10.2. The summed E-state index contributed by atoms with van der Waals surface area (Å²) in [7, 11) is -0.334. The number of hydrogen-bond donors (Lipinski definition) is 0. The van der Waals surface area contributed by atoms with Crippen molar-refractivity contribution < 1.29 is 9.31 Å². The summed E-state index contributed by atoms with van der Waals surface area (Å²) in [5.74, 6) is 0. The summed E-state index contributed by atoms with van der Waals surface area (Å²) in [5, 5.41) is 2.45. The van der Waals surface area contributed by atoms with Crippen LogP contribution >= 0.6 is 0 Å². The lowest BCUT2D eigenvalue weighted by Crippen LogP contribution is -2.41.